The molecule has 0 aliphatic rings. The number of ether oxygens (including phenoxy) is 2. The van der Waals surface area contributed by atoms with Crippen molar-refractivity contribution in [2.45, 2.75) is 6.92 Å². The first-order valence-corrected chi connectivity index (χ1v) is 6.58. The van der Waals surface area contributed by atoms with E-state index in [1.807, 2.05) is 35.0 Å². The molecule has 0 radical (unpaired) electrons. The minimum atomic E-state index is -0.274. The summed E-state index contributed by atoms with van der Waals surface area (Å²) in [7, 11) is 1.63. The van der Waals surface area contributed by atoms with E-state index in [9.17, 15) is 4.79 Å². The minimum absolute atomic E-state index is 0.274. The van der Waals surface area contributed by atoms with E-state index in [0.717, 1.165) is 16.9 Å². The Morgan fingerprint density at radius 3 is 2.56 bits per heavy atom. The van der Waals surface area contributed by atoms with E-state index in [2.05, 4.69) is 0 Å². The monoisotopic (exact) mass is 262 g/mol. The van der Waals surface area contributed by atoms with Gasteiger partial charge < -0.3 is 9.47 Å². The number of hydrogen-bond donors (Lipinski definition) is 0. The fraction of sp³-hybridized carbons (Fsp3) is 0.214. The number of methoxy groups -OCH3 is 1. The van der Waals surface area contributed by atoms with Crippen molar-refractivity contribution in [3.05, 3.63) is 40.6 Å². The lowest BCUT2D eigenvalue weighted by molar-refractivity contribution is 0.0528. The third-order valence-electron chi connectivity index (χ3n) is 2.56. The van der Waals surface area contributed by atoms with Crippen molar-refractivity contribution in [3.63, 3.8) is 0 Å². The summed E-state index contributed by atoms with van der Waals surface area (Å²) >= 11 is 1.49. The predicted molar refractivity (Wildman–Crippen MR) is 72.3 cm³/mol. The third kappa shape index (κ3) is 2.54. The molecule has 94 valence electrons. The molecule has 18 heavy (non-hydrogen) atoms. The molecule has 2 rings (SSSR count). The van der Waals surface area contributed by atoms with E-state index >= 15 is 0 Å². The molecule has 1 heterocycles. The molecule has 1 aromatic carbocycles. The third-order valence-corrected chi connectivity index (χ3v) is 3.30. The second-order valence-electron chi connectivity index (χ2n) is 3.65. The lowest BCUT2D eigenvalue weighted by atomic mass is 10.0. The zero-order valence-electron chi connectivity index (χ0n) is 10.3. The van der Waals surface area contributed by atoms with Crippen LogP contribution in [0.2, 0.25) is 0 Å². The first-order valence-electron chi connectivity index (χ1n) is 5.64. The first kappa shape index (κ1) is 12.6. The summed E-state index contributed by atoms with van der Waals surface area (Å²) in [6, 6.07) is 7.62. The highest BCUT2D eigenvalue weighted by molar-refractivity contribution is 7.08. The zero-order chi connectivity index (χ0) is 13.0. The maximum absolute atomic E-state index is 11.8. The van der Waals surface area contributed by atoms with E-state index in [0.29, 0.717) is 12.2 Å². The summed E-state index contributed by atoms with van der Waals surface area (Å²) in [6.45, 7) is 2.19. The summed E-state index contributed by atoms with van der Waals surface area (Å²) in [4.78, 5) is 11.8. The highest BCUT2D eigenvalue weighted by Crippen LogP contribution is 2.29. The minimum Gasteiger partial charge on any atom is -0.497 e. The van der Waals surface area contributed by atoms with Gasteiger partial charge in [0.25, 0.3) is 0 Å². The summed E-state index contributed by atoms with van der Waals surface area (Å²) in [6.07, 6.45) is 0. The Balaban J connectivity index is 2.32. The van der Waals surface area contributed by atoms with Crippen LogP contribution in [0, 0.1) is 0 Å². The van der Waals surface area contributed by atoms with Gasteiger partial charge in [0.1, 0.15) is 5.75 Å². The van der Waals surface area contributed by atoms with Gasteiger partial charge in [0, 0.05) is 10.9 Å². The molecule has 0 fully saturated rings. The van der Waals surface area contributed by atoms with Gasteiger partial charge in [-0.25, -0.2) is 4.79 Å². The van der Waals surface area contributed by atoms with Crippen LogP contribution in [0.5, 0.6) is 5.75 Å². The van der Waals surface area contributed by atoms with Crippen LogP contribution in [0.1, 0.15) is 17.3 Å². The number of hydrogen-bond acceptors (Lipinski definition) is 4. The van der Waals surface area contributed by atoms with Crippen LogP contribution >= 0.6 is 11.3 Å². The molecule has 0 saturated heterocycles. The number of rotatable bonds is 4. The molecule has 1 aromatic heterocycles. The molecule has 2 aromatic rings. The van der Waals surface area contributed by atoms with Crippen LogP contribution < -0.4 is 4.74 Å². The summed E-state index contributed by atoms with van der Waals surface area (Å²) in [5.74, 6) is 0.524. The van der Waals surface area contributed by atoms with Gasteiger partial charge in [-0.1, -0.05) is 12.1 Å². The summed E-state index contributed by atoms with van der Waals surface area (Å²) < 4.78 is 10.2. The lowest BCUT2D eigenvalue weighted by Gasteiger charge is -2.05. The SMILES string of the molecule is CCOC(=O)c1cscc1-c1ccc(OC)cc1. The average molecular weight is 262 g/mol. The number of esters is 1. The highest BCUT2D eigenvalue weighted by Gasteiger charge is 2.14. The molecule has 0 N–H and O–H groups in total. The van der Waals surface area contributed by atoms with Gasteiger partial charge in [-0.15, -0.1) is 0 Å². The van der Waals surface area contributed by atoms with Gasteiger partial charge in [0.2, 0.25) is 0 Å². The molecule has 0 aliphatic heterocycles. The van der Waals surface area contributed by atoms with E-state index in [4.69, 9.17) is 9.47 Å². The van der Waals surface area contributed by atoms with E-state index < -0.39 is 0 Å². The molecule has 0 unspecified atom stereocenters. The number of thiophene rings is 1. The van der Waals surface area contributed by atoms with Gasteiger partial charge in [0.05, 0.1) is 19.3 Å². The topological polar surface area (TPSA) is 35.5 Å². The molecule has 0 bridgehead atoms. The molecule has 0 spiro atoms. The molecular formula is C14H14O3S. The average Bonchev–Trinajstić information content (AvgIpc) is 2.88. The van der Waals surface area contributed by atoms with E-state index in [1.54, 1.807) is 14.0 Å². The van der Waals surface area contributed by atoms with Crippen molar-refractivity contribution in [2.24, 2.45) is 0 Å². The normalized spacial score (nSPS) is 10.1. The molecule has 4 heteroatoms. The Morgan fingerprint density at radius 2 is 1.94 bits per heavy atom. The second-order valence-corrected chi connectivity index (χ2v) is 4.39. The van der Waals surface area contributed by atoms with Gasteiger partial charge in [-0.3, -0.25) is 0 Å². The van der Waals surface area contributed by atoms with Crippen molar-refractivity contribution in [1.29, 1.82) is 0 Å². The summed E-state index contributed by atoms with van der Waals surface area (Å²) in [5, 5.41) is 3.77. The zero-order valence-corrected chi connectivity index (χ0v) is 11.1. The standard InChI is InChI=1S/C14H14O3S/c1-3-17-14(15)13-9-18-8-12(13)10-4-6-11(16-2)7-5-10/h4-9H,3H2,1-2H3. The Kier molecular flexibility index (Phi) is 3.99. The van der Waals surface area contributed by atoms with Crippen molar-refractivity contribution < 1.29 is 14.3 Å². The lowest BCUT2D eigenvalue weighted by Crippen LogP contribution is -2.04. The predicted octanol–water partition coefficient (Wildman–Crippen LogP) is 3.60. The first-order chi connectivity index (χ1) is 8.76. The molecule has 0 saturated carbocycles. The van der Waals surface area contributed by atoms with Crippen LogP contribution in [-0.4, -0.2) is 19.7 Å². The van der Waals surface area contributed by atoms with Crippen molar-refractivity contribution in [2.75, 3.05) is 13.7 Å². The molecule has 0 amide bonds. The van der Waals surface area contributed by atoms with Gasteiger partial charge in [-0.2, -0.15) is 11.3 Å². The van der Waals surface area contributed by atoms with E-state index in [1.165, 1.54) is 11.3 Å². The number of carbonyl (C=O) groups excluding carboxylic acids is 1. The van der Waals surface area contributed by atoms with Gasteiger partial charge in [0.15, 0.2) is 0 Å². The molecule has 3 nitrogen and oxygen atoms in total. The fourth-order valence-corrected chi connectivity index (χ4v) is 2.48. The maximum Gasteiger partial charge on any atom is 0.339 e. The molecular weight excluding hydrogens is 248 g/mol. The van der Waals surface area contributed by atoms with Crippen molar-refractivity contribution in [1.82, 2.24) is 0 Å². The van der Waals surface area contributed by atoms with Crippen LogP contribution in [-0.2, 0) is 4.74 Å². The van der Waals surface area contributed by atoms with Crippen molar-refractivity contribution in [3.8, 4) is 16.9 Å². The van der Waals surface area contributed by atoms with Gasteiger partial charge in [-0.05, 0) is 30.0 Å². The van der Waals surface area contributed by atoms with E-state index in [-0.39, 0.29) is 5.97 Å². The Hall–Kier alpha value is -1.81. The molecule has 0 aliphatic carbocycles. The van der Waals surface area contributed by atoms with Crippen LogP contribution in [0.25, 0.3) is 11.1 Å². The van der Waals surface area contributed by atoms with Crippen LogP contribution in [0.4, 0.5) is 0 Å². The maximum atomic E-state index is 11.8. The fourth-order valence-electron chi connectivity index (χ4n) is 1.66. The largest absolute Gasteiger partial charge is 0.497 e. The van der Waals surface area contributed by atoms with Crippen LogP contribution in [0.15, 0.2) is 35.0 Å². The highest BCUT2D eigenvalue weighted by atomic mass is 32.1. The summed E-state index contributed by atoms with van der Waals surface area (Å²) in [5.41, 5.74) is 2.51. The quantitative estimate of drug-likeness (QED) is 0.790. The second kappa shape index (κ2) is 5.69. The molecule has 0 atom stereocenters. The smallest absolute Gasteiger partial charge is 0.339 e. The number of carbonyl (C=O) groups is 1. The van der Waals surface area contributed by atoms with Gasteiger partial charge >= 0.3 is 5.97 Å². The van der Waals surface area contributed by atoms with Crippen LogP contribution in [0.3, 0.4) is 0 Å². The number of benzene rings is 1. The van der Waals surface area contributed by atoms with Crippen molar-refractivity contribution >= 4 is 17.3 Å². The Bertz CT molecular complexity index is 528. The Labute approximate surface area is 110 Å². The Morgan fingerprint density at radius 1 is 1.22 bits per heavy atom.